The molecule has 0 bridgehead atoms. The first kappa shape index (κ1) is 13.6. The predicted octanol–water partition coefficient (Wildman–Crippen LogP) is 3.37. The van der Waals surface area contributed by atoms with Gasteiger partial charge in [-0.2, -0.15) is 4.98 Å². The van der Waals surface area contributed by atoms with Gasteiger partial charge in [-0.25, -0.2) is 0 Å². The Bertz CT molecular complexity index is 584. The Labute approximate surface area is 123 Å². The van der Waals surface area contributed by atoms with Crippen molar-refractivity contribution >= 4 is 11.6 Å². The van der Waals surface area contributed by atoms with Crippen LogP contribution in [0.4, 0.5) is 0 Å². The molecule has 0 radical (unpaired) electrons. The third kappa shape index (κ3) is 3.02. The van der Waals surface area contributed by atoms with E-state index >= 15 is 0 Å². The van der Waals surface area contributed by atoms with Crippen LogP contribution in [0, 0.1) is 5.92 Å². The average molecular weight is 292 g/mol. The van der Waals surface area contributed by atoms with Crippen LogP contribution < -0.4 is 5.32 Å². The van der Waals surface area contributed by atoms with Gasteiger partial charge in [0.2, 0.25) is 5.89 Å². The first-order chi connectivity index (χ1) is 9.72. The van der Waals surface area contributed by atoms with Gasteiger partial charge in [-0.1, -0.05) is 35.8 Å². The summed E-state index contributed by atoms with van der Waals surface area (Å²) in [6, 6.07) is 7.93. The molecular formula is C15H18ClN3O. The van der Waals surface area contributed by atoms with Crippen LogP contribution in [0.25, 0.3) is 0 Å². The first-order valence-corrected chi connectivity index (χ1v) is 7.40. The molecule has 0 saturated carbocycles. The molecule has 2 unspecified atom stereocenters. The molecule has 2 atom stereocenters. The zero-order chi connectivity index (χ0) is 13.9. The topological polar surface area (TPSA) is 51.0 Å². The van der Waals surface area contributed by atoms with Crippen LogP contribution in [0.5, 0.6) is 0 Å². The molecule has 2 aromatic rings. The molecular weight excluding hydrogens is 274 g/mol. The van der Waals surface area contributed by atoms with E-state index < -0.39 is 0 Å². The van der Waals surface area contributed by atoms with Gasteiger partial charge >= 0.3 is 0 Å². The number of hydrogen-bond donors (Lipinski definition) is 1. The fraction of sp³-hybridized carbons (Fsp3) is 0.467. The lowest BCUT2D eigenvalue weighted by Gasteiger charge is -2.26. The molecule has 1 aromatic heterocycles. The van der Waals surface area contributed by atoms with Crippen molar-refractivity contribution in [2.75, 3.05) is 6.54 Å². The van der Waals surface area contributed by atoms with Crippen molar-refractivity contribution in [2.24, 2.45) is 5.92 Å². The Morgan fingerprint density at radius 3 is 3.15 bits per heavy atom. The van der Waals surface area contributed by atoms with Crippen LogP contribution >= 0.6 is 11.6 Å². The molecule has 1 fully saturated rings. The molecule has 1 aliphatic heterocycles. The second-order valence-electron chi connectivity index (χ2n) is 5.41. The van der Waals surface area contributed by atoms with Gasteiger partial charge < -0.3 is 9.84 Å². The lowest BCUT2D eigenvalue weighted by Crippen LogP contribution is -2.33. The minimum atomic E-state index is 0.185. The molecule has 106 valence electrons. The van der Waals surface area contributed by atoms with Crippen LogP contribution in [-0.2, 0) is 6.42 Å². The molecule has 20 heavy (non-hydrogen) atoms. The average Bonchev–Trinajstić information content (AvgIpc) is 2.87. The van der Waals surface area contributed by atoms with Crippen molar-refractivity contribution in [3.05, 3.63) is 46.6 Å². The lowest BCUT2D eigenvalue weighted by atomic mass is 9.93. The number of benzene rings is 1. The number of nitrogens with zero attached hydrogens (tertiary/aromatic N) is 2. The lowest BCUT2D eigenvalue weighted by molar-refractivity contribution is 0.239. The number of hydrogen-bond acceptors (Lipinski definition) is 4. The number of rotatable bonds is 3. The Kier molecular flexibility index (Phi) is 4.03. The summed E-state index contributed by atoms with van der Waals surface area (Å²) in [6.45, 7) is 3.23. The first-order valence-electron chi connectivity index (χ1n) is 7.02. The van der Waals surface area contributed by atoms with Gasteiger partial charge in [-0.05, 0) is 43.0 Å². The monoisotopic (exact) mass is 291 g/mol. The molecule has 1 N–H and O–H groups in total. The van der Waals surface area contributed by atoms with Gasteiger partial charge in [0.1, 0.15) is 0 Å². The molecule has 0 amide bonds. The maximum atomic E-state index is 5.98. The summed E-state index contributed by atoms with van der Waals surface area (Å²) in [4.78, 5) is 4.53. The molecule has 4 nitrogen and oxygen atoms in total. The predicted molar refractivity (Wildman–Crippen MR) is 77.7 cm³/mol. The van der Waals surface area contributed by atoms with Gasteiger partial charge in [0, 0.05) is 11.4 Å². The van der Waals surface area contributed by atoms with Crippen LogP contribution in [0.2, 0.25) is 5.02 Å². The molecule has 1 saturated heterocycles. The van der Waals surface area contributed by atoms with E-state index in [0.29, 0.717) is 24.1 Å². The van der Waals surface area contributed by atoms with Crippen molar-refractivity contribution in [2.45, 2.75) is 32.2 Å². The Balaban J connectivity index is 1.73. The van der Waals surface area contributed by atoms with Crippen molar-refractivity contribution in [1.82, 2.24) is 15.5 Å². The van der Waals surface area contributed by atoms with Crippen molar-refractivity contribution in [3.63, 3.8) is 0 Å². The highest BCUT2D eigenvalue weighted by atomic mass is 35.5. The second kappa shape index (κ2) is 5.94. The number of halogens is 1. The van der Waals surface area contributed by atoms with Crippen molar-refractivity contribution in [3.8, 4) is 0 Å². The summed E-state index contributed by atoms with van der Waals surface area (Å²) >= 11 is 5.98. The second-order valence-corrected chi connectivity index (χ2v) is 5.84. The van der Waals surface area contributed by atoms with E-state index in [-0.39, 0.29) is 6.04 Å². The summed E-state index contributed by atoms with van der Waals surface area (Å²) < 4.78 is 5.42. The zero-order valence-electron chi connectivity index (χ0n) is 11.5. The molecule has 5 heteroatoms. The van der Waals surface area contributed by atoms with E-state index in [9.17, 15) is 0 Å². The van der Waals surface area contributed by atoms with E-state index in [1.165, 1.54) is 12.8 Å². The highest BCUT2D eigenvalue weighted by Crippen LogP contribution is 2.27. The minimum Gasteiger partial charge on any atom is -0.338 e. The van der Waals surface area contributed by atoms with Crippen LogP contribution in [-0.4, -0.2) is 16.7 Å². The van der Waals surface area contributed by atoms with E-state index in [1.807, 2.05) is 24.3 Å². The van der Waals surface area contributed by atoms with Crippen LogP contribution in [0.15, 0.2) is 28.8 Å². The van der Waals surface area contributed by atoms with Crippen molar-refractivity contribution < 1.29 is 4.52 Å². The molecule has 2 heterocycles. The third-order valence-electron chi connectivity index (χ3n) is 3.77. The normalized spacial score (nSPS) is 22.9. The fourth-order valence-electron chi connectivity index (χ4n) is 2.68. The highest BCUT2D eigenvalue weighted by Gasteiger charge is 2.27. The van der Waals surface area contributed by atoms with E-state index in [1.54, 1.807) is 0 Å². The molecule has 1 aromatic carbocycles. The van der Waals surface area contributed by atoms with Gasteiger partial charge in [0.15, 0.2) is 5.82 Å². The molecule has 0 spiro atoms. The highest BCUT2D eigenvalue weighted by molar-refractivity contribution is 6.30. The minimum absolute atomic E-state index is 0.185. The molecule has 0 aliphatic carbocycles. The summed E-state index contributed by atoms with van der Waals surface area (Å²) in [5.41, 5.74) is 1.09. The standard InChI is InChI=1S/C15H18ClN3O/c1-10-4-3-7-17-14(10)15-18-13(19-20-15)9-11-5-2-6-12(16)8-11/h2,5-6,8,10,14,17H,3-4,7,9H2,1H3. The van der Waals surface area contributed by atoms with Gasteiger partial charge in [0.25, 0.3) is 0 Å². The van der Waals surface area contributed by atoms with Gasteiger partial charge in [-0.15, -0.1) is 0 Å². The van der Waals surface area contributed by atoms with Gasteiger partial charge in [-0.3, -0.25) is 0 Å². The zero-order valence-corrected chi connectivity index (χ0v) is 12.2. The fourth-order valence-corrected chi connectivity index (χ4v) is 2.89. The Morgan fingerprint density at radius 1 is 1.45 bits per heavy atom. The number of nitrogens with one attached hydrogen (secondary N) is 1. The van der Waals surface area contributed by atoms with E-state index in [4.69, 9.17) is 16.1 Å². The van der Waals surface area contributed by atoms with E-state index in [0.717, 1.165) is 17.1 Å². The van der Waals surface area contributed by atoms with Gasteiger partial charge in [0.05, 0.1) is 6.04 Å². The summed E-state index contributed by atoms with van der Waals surface area (Å²) in [5.74, 6) is 1.94. The quantitative estimate of drug-likeness (QED) is 0.942. The molecule has 3 rings (SSSR count). The van der Waals surface area contributed by atoms with Crippen LogP contribution in [0.3, 0.4) is 0 Å². The Hall–Kier alpha value is -1.39. The number of piperidine rings is 1. The summed E-state index contributed by atoms with van der Waals surface area (Å²) in [5, 5.41) is 8.27. The van der Waals surface area contributed by atoms with E-state index in [2.05, 4.69) is 22.4 Å². The summed E-state index contributed by atoms with van der Waals surface area (Å²) in [6.07, 6.45) is 3.05. The number of aromatic nitrogens is 2. The maximum absolute atomic E-state index is 5.98. The maximum Gasteiger partial charge on any atom is 0.244 e. The third-order valence-corrected chi connectivity index (χ3v) is 4.01. The van der Waals surface area contributed by atoms with Crippen LogP contribution in [0.1, 0.15) is 43.1 Å². The molecule has 1 aliphatic rings. The summed E-state index contributed by atoms with van der Waals surface area (Å²) in [7, 11) is 0. The van der Waals surface area contributed by atoms with Crippen molar-refractivity contribution in [1.29, 1.82) is 0 Å². The SMILES string of the molecule is CC1CCCNC1c1nc(Cc2cccc(Cl)c2)no1. The smallest absolute Gasteiger partial charge is 0.244 e. The Morgan fingerprint density at radius 2 is 2.35 bits per heavy atom. The largest absolute Gasteiger partial charge is 0.338 e.